The monoisotopic (exact) mass is 246 g/mol. The van der Waals surface area contributed by atoms with Gasteiger partial charge in [-0.05, 0) is 0 Å². The van der Waals surface area contributed by atoms with Crippen LogP contribution in [0.4, 0.5) is 0 Å². The first kappa shape index (κ1) is 9.29. The van der Waals surface area contributed by atoms with Crippen molar-refractivity contribution in [2.45, 2.75) is 41.9 Å². The van der Waals surface area contributed by atoms with Crippen LogP contribution >= 0.6 is 0 Å². The van der Waals surface area contributed by atoms with E-state index in [-0.39, 0.29) is 12.1 Å². The van der Waals surface area contributed by atoms with Crippen molar-refractivity contribution in [3.05, 3.63) is 12.2 Å². The van der Waals surface area contributed by atoms with Crippen LogP contribution in [0.15, 0.2) is 12.2 Å². The van der Waals surface area contributed by atoms with Gasteiger partial charge in [-0.25, -0.2) is 0 Å². The molecule has 0 spiro atoms. The summed E-state index contributed by atoms with van der Waals surface area (Å²) in [7, 11) is 0. The van der Waals surface area contributed by atoms with Crippen molar-refractivity contribution >= 4 is 20.9 Å². The molecule has 2 aliphatic rings. The molecule has 2 heterocycles. The summed E-state index contributed by atoms with van der Waals surface area (Å²) in [6.07, 6.45) is 8.23. The Labute approximate surface area is 84.9 Å². The Bertz CT molecular complexity index is 237. The minimum atomic E-state index is -0.117. The van der Waals surface area contributed by atoms with Crippen molar-refractivity contribution in [2.75, 3.05) is 0 Å². The predicted octanol–water partition coefficient (Wildman–Crippen LogP) is 1.95. The van der Waals surface area contributed by atoms with Crippen LogP contribution in [0.25, 0.3) is 0 Å². The van der Waals surface area contributed by atoms with Crippen LogP contribution in [0.5, 0.6) is 0 Å². The van der Waals surface area contributed by atoms with Crippen molar-refractivity contribution in [3.63, 3.8) is 0 Å². The average Bonchev–Trinajstić information content (AvgIpc) is 2.10. The van der Waals surface area contributed by atoms with Gasteiger partial charge in [-0.15, -0.1) is 0 Å². The van der Waals surface area contributed by atoms with Crippen molar-refractivity contribution in [3.8, 4) is 0 Å². The van der Waals surface area contributed by atoms with Crippen LogP contribution in [0.3, 0.4) is 0 Å². The molecule has 72 valence electrons. The van der Waals surface area contributed by atoms with Gasteiger partial charge in [-0.2, -0.15) is 0 Å². The summed E-state index contributed by atoms with van der Waals surface area (Å²) >= 11 is 0.660. The van der Waals surface area contributed by atoms with Gasteiger partial charge in [0.15, 0.2) is 0 Å². The number of fused-ring (bicyclic) bond motifs is 2. The Morgan fingerprint density at radius 1 is 1.54 bits per heavy atom. The second kappa shape index (κ2) is 3.85. The van der Waals surface area contributed by atoms with Crippen molar-refractivity contribution in [1.82, 2.24) is 0 Å². The van der Waals surface area contributed by atoms with Gasteiger partial charge in [0.05, 0.1) is 0 Å². The summed E-state index contributed by atoms with van der Waals surface area (Å²) in [5.74, 6) is -0.117. The maximum absolute atomic E-state index is 10.8. The first-order valence-electron chi connectivity index (χ1n) is 4.75. The van der Waals surface area contributed by atoms with E-state index in [1.165, 1.54) is 13.3 Å². The van der Waals surface area contributed by atoms with Crippen LogP contribution < -0.4 is 0 Å². The van der Waals surface area contributed by atoms with Gasteiger partial charge in [0.25, 0.3) is 0 Å². The summed E-state index contributed by atoms with van der Waals surface area (Å²) in [5.41, 5.74) is 0. The molecule has 2 bridgehead atoms. The predicted molar refractivity (Wildman–Crippen MR) is 51.8 cm³/mol. The van der Waals surface area contributed by atoms with Crippen LogP contribution in [-0.2, 0) is 9.53 Å². The van der Waals surface area contributed by atoms with E-state index in [0.29, 0.717) is 19.8 Å². The van der Waals surface area contributed by atoms with E-state index in [0.717, 1.165) is 17.7 Å². The number of esters is 1. The Morgan fingerprint density at radius 3 is 3.15 bits per heavy atom. The van der Waals surface area contributed by atoms with E-state index in [4.69, 9.17) is 4.74 Å². The summed E-state index contributed by atoms with van der Waals surface area (Å²) in [6.45, 7) is 1.51. The van der Waals surface area contributed by atoms with E-state index >= 15 is 0 Å². The zero-order valence-electron chi connectivity index (χ0n) is 7.73. The van der Waals surface area contributed by atoms with Crippen LogP contribution in [0, 0.1) is 0 Å². The summed E-state index contributed by atoms with van der Waals surface area (Å²) in [6, 6.07) is 0. The van der Waals surface area contributed by atoms with Gasteiger partial charge in [-0.1, -0.05) is 0 Å². The van der Waals surface area contributed by atoms with E-state index < -0.39 is 0 Å². The molecule has 2 rings (SSSR count). The number of carbonyl (C=O) groups excluding carboxylic acids is 1. The standard InChI is InChI=1S/C10H14O2Se/c1-7(11)12-9-6-5-8-3-2-4-10(9)13-8/h2-3,8-10H,4-6H2,1H3. The summed E-state index contributed by atoms with van der Waals surface area (Å²) in [5, 5.41) is 0. The van der Waals surface area contributed by atoms with E-state index in [9.17, 15) is 4.79 Å². The molecule has 3 atom stereocenters. The Hall–Kier alpha value is -0.271. The fourth-order valence-corrected chi connectivity index (χ4v) is 5.13. The van der Waals surface area contributed by atoms with Crippen molar-refractivity contribution in [1.29, 1.82) is 0 Å². The zero-order chi connectivity index (χ0) is 9.26. The third-order valence-corrected chi connectivity index (χ3v) is 5.87. The molecule has 1 saturated heterocycles. The SMILES string of the molecule is CC(=O)OC1CCC2C=CCC1[Se]2. The second-order valence-corrected chi connectivity index (χ2v) is 6.71. The molecular formula is C10H14O2Se. The molecule has 2 nitrogen and oxygen atoms in total. The van der Waals surface area contributed by atoms with E-state index in [1.807, 2.05) is 0 Å². The Balaban J connectivity index is 1.99. The molecule has 3 heteroatoms. The Kier molecular flexibility index (Phi) is 2.75. The molecule has 0 aromatic carbocycles. The van der Waals surface area contributed by atoms with Crippen LogP contribution in [-0.4, -0.2) is 27.0 Å². The third kappa shape index (κ3) is 2.15. The van der Waals surface area contributed by atoms with E-state index in [1.54, 1.807) is 0 Å². The number of hydrogen-bond acceptors (Lipinski definition) is 2. The number of allylic oxidation sites excluding steroid dienone is 2. The second-order valence-electron chi connectivity index (χ2n) is 3.60. The van der Waals surface area contributed by atoms with Gasteiger partial charge in [0, 0.05) is 0 Å². The van der Waals surface area contributed by atoms with Gasteiger partial charge in [0.2, 0.25) is 0 Å². The fraction of sp³-hybridized carbons (Fsp3) is 0.700. The topological polar surface area (TPSA) is 26.3 Å². The number of rotatable bonds is 1. The number of ether oxygens (including phenoxy) is 1. The van der Waals surface area contributed by atoms with Gasteiger partial charge in [0.1, 0.15) is 0 Å². The molecule has 1 fully saturated rings. The minimum absolute atomic E-state index is 0.117. The number of hydrogen-bond donors (Lipinski definition) is 0. The van der Waals surface area contributed by atoms with Gasteiger partial charge < -0.3 is 0 Å². The zero-order valence-corrected chi connectivity index (χ0v) is 9.45. The molecular weight excluding hydrogens is 231 g/mol. The fourth-order valence-electron chi connectivity index (χ4n) is 1.96. The molecule has 0 aromatic rings. The number of carbonyl (C=O) groups is 1. The molecule has 0 radical (unpaired) electrons. The third-order valence-electron chi connectivity index (χ3n) is 2.54. The molecule has 2 aliphatic heterocycles. The van der Waals surface area contributed by atoms with Gasteiger partial charge in [-0.3, -0.25) is 0 Å². The van der Waals surface area contributed by atoms with Crippen LogP contribution in [0.1, 0.15) is 26.2 Å². The molecule has 0 aliphatic carbocycles. The molecule has 13 heavy (non-hydrogen) atoms. The van der Waals surface area contributed by atoms with Crippen LogP contribution in [0.2, 0.25) is 9.63 Å². The molecule has 0 amide bonds. The van der Waals surface area contributed by atoms with Crippen molar-refractivity contribution in [2.24, 2.45) is 0 Å². The van der Waals surface area contributed by atoms with E-state index in [2.05, 4.69) is 12.2 Å². The Morgan fingerprint density at radius 2 is 2.38 bits per heavy atom. The normalized spacial score (nSPS) is 37.2. The van der Waals surface area contributed by atoms with Gasteiger partial charge >= 0.3 is 84.5 Å². The molecule has 0 saturated carbocycles. The first-order chi connectivity index (χ1) is 6.25. The summed E-state index contributed by atoms with van der Waals surface area (Å²) in [4.78, 5) is 12.3. The molecule has 0 N–H and O–H groups in total. The molecule has 0 aromatic heterocycles. The molecule has 3 unspecified atom stereocenters. The quantitative estimate of drug-likeness (QED) is 0.401. The van der Waals surface area contributed by atoms with Crippen molar-refractivity contribution < 1.29 is 9.53 Å². The average molecular weight is 245 g/mol. The summed E-state index contributed by atoms with van der Waals surface area (Å²) < 4.78 is 5.32. The maximum atomic E-state index is 10.8. The first-order valence-corrected chi connectivity index (χ1v) is 6.73.